The molecular formula is C18H22O2. The molecule has 0 heterocycles. The minimum absolute atomic E-state index is 0.376. The monoisotopic (exact) mass is 294 g/mol. The quantitative estimate of drug-likeness (QED) is 0.582. The SMILES string of the molecule is [3H]CC(C)(OOC(c1c([3H])c([3H])c([3H])c([3H])c1[3H])(C([3H])([3H])[3H])C([3H])([3H])[3H])c1ccccc1. The highest BCUT2D eigenvalue weighted by atomic mass is 17.2. The van der Waals surface area contributed by atoms with Crippen LogP contribution in [-0.4, -0.2) is 0 Å². The largest absolute Gasteiger partial charge is 0.225 e. The van der Waals surface area contributed by atoms with Crippen molar-refractivity contribution in [3.05, 3.63) is 71.7 Å². The molecule has 0 amide bonds. The second kappa shape index (κ2) is 5.78. The molecule has 2 heteroatoms. The van der Waals surface area contributed by atoms with Crippen LogP contribution in [0.2, 0.25) is 0 Å². The van der Waals surface area contributed by atoms with E-state index in [1.54, 1.807) is 30.3 Å². The first-order valence-electron chi connectivity index (χ1n) is 12.0. The van der Waals surface area contributed by atoms with Crippen LogP contribution in [0.4, 0.5) is 0 Å². The molecule has 0 aliphatic heterocycles. The Morgan fingerprint density at radius 1 is 0.900 bits per heavy atom. The topological polar surface area (TPSA) is 18.5 Å². The van der Waals surface area contributed by atoms with Gasteiger partial charge < -0.3 is 0 Å². The van der Waals surface area contributed by atoms with Gasteiger partial charge in [0.05, 0.1) is 6.85 Å². The van der Waals surface area contributed by atoms with Crippen LogP contribution < -0.4 is 0 Å². The van der Waals surface area contributed by atoms with Crippen LogP contribution in [0.25, 0.3) is 0 Å². The summed E-state index contributed by atoms with van der Waals surface area (Å²) in [5, 5.41) is 0. The zero-order chi connectivity index (χ0) is 24.7. The molecular weight excluding hydrogens is 248 g/mol. The number of hydrogen-bond acceptors (Lipinski definition) is 2. The lowest BCUT2D eigenvalue weighted by Crippen LogP contribution is -2.29. The van der Waals surface area contributed by atoms with Gasteiger partial charge >= 0.3 is 0 Å². The van der Waals surface area contributed by atoms with Gasteiger partial charge in [0.2, 0.25) is 0 Å². The molecule has 0 aliphatic rings. The van der Waals surface area contributed by atoms with Gasteiger partial charge in [-0.3, -0.25) is 0 Å². The molecule has 0 radical (unpaired) electrons. The summed E-state index contributed by atoms with van der Waals surface area (Å²) in [4.78, 5) is 10.5. The van der Waals surface area contributed by atoms with Crippen LogP contribution >= 0.6 is 0 Å². The maximum atomic E-state index is 8.15. The molecule has 0 N–H and O–H groups in total. The Morgan fingerprint density at radius 2 is 1.55 bits per heavy atom. The molecule has 0 fully saturated rings. The lowest BCUT2D eigenvalue weighted by molar-refractivity contribution is -0.410. The number of hydrogen-bond donors (Lipinski definition) is 0. The average molecular weight is 294 g/mol. The lowest BCUT2D eigenvalue weighted by atomic mass is 9.98. The predicted octanol–water partition coefficient (Wildman–Crippen LogP) is 4.81. The first-order chi connectivity index (χ1) is 14.5. The molecule has 106 valence electrons. The summed E-state index contributed by atoms with van der Waals surface area (Å²) in [6.45, 7) is -6.26. The van der Waals surface area contributed by atoms with E-state index in [2.05, 4.69) is 0 Å². The Labute approximate surface area is 138 Å². The first kappa shape index (κ1) is 5.63. The van der Waals surface area contributed by atoms with Crippen LogP contribution in [-0.2, 0) is 21.0 Å². The molecule has 0 aromatic heterocycles. The first-order valence-corrected chi connectivity index (χ1v) is 5.84. The fourth-order valence-corrected chi connectivity index (χ4v) is 1.46. The number of benzene rings is 2. The highest BCUT2D eigenvalue weighted by molar-refractivity contribution is 5.22. The fourth-order valence-electron chi connectivity index (χ4n) is 1.46. The van der Waals surface area contributed by atoms with Crippen molar-refractivity contribution in [1.29, 1.82) is 0 Å². The van der Waals surface area contributed by atoms with Crippen LogP contribution in [0.1, 0.15) is 55.1 Å². The van der Waals surface area contributed by atoms with E-state index in [-0.39, 0.29) is 0 Å². The molecule has 2 nitrogen and oxygen atoms in total. The Morgan fingerprint density at radius 3 is 2.15 bits per heavy atom. The van der Waals surface area contributed by atoms with Crippen molar-refractivity contribution in [3.63, 3.8) is 0 Å². The molecule has 20 heavy (non-hydrogen) atoms. The Bertz CT molecular complexity index is 928. The maximum Gasteiger partial charge on any atom is 0.123 e. The summed E-state index contributed by atoms with van der Waals surface area (Å²) in [5.74, 6) is 0. The summed E-state index contributed by atoms with van der Waals surface area (Å²) in [6.07, 6.45) is 0. The minimum atomic E-state index is -3.56. The molecule has 0 aliphatic carbocycles. The van der Waals surface area contributed by atoms with Crippen LogP contribution in [0, 0.1) is 0 Å². The van der Waals surface area contributed by atoms with E-state index in [4.69, 9.17) is 26.2 Å². The average Bonchev–Trinajstić information content (AvgIpc) is 2.71. The molecule has 2 aromatic carbocycles. The maximum absolute atomic E-state index is 8.15. The van der Waals surface area contributed by atoms with E-state index in [1.807, 2.05) is 0 Å². The lowest BCUT2D eigenvalue weighted by Gasteiger charge is -2.31. The molecule has 0 bridgehead atoms. The summed E-state index contributed by atoms with van der Waals surface area (Å²) in [7, 11) is 0. The van der Waals surface area contributed by atoms with E-state index in [0.29, 0.717) is 5.56 Å². The third-order valence-corrected chi connectivity index (χ3v) is 2.59. The second-order valence-electron chi connectivity index (χ2n) is 4.44. The number of rotatable bonds is 5. The van der Waals surface area contributed by atoms with Gasteiger partial charge in [-0.1, -0.05) is 60.5 Å². The Hall–Kier alpha value is -1.64. The van der Waals surface area contributed by atoms with E-state index < -0.39 is 67.6 Å². The Balaban J connectivity index is 2.82. The summed E-state index contributed by atoms with van der Waals surface area (Å²) in [6, 6.07) is 3.32. The molecule has 0 saturated carbocycles. The zero-order valence-corrected chi connectivity index (χ0v) is 10.9. The van der Waals surface area contributed by atoms with Gasteiger partial charge in [0.1, 0.15) is 11.2 Å². The fraction of sp³-hybridized carbons (Fsp3) is 0.333. The van der Waals surface area contributed by atoms with Gasteiger partial charge in [0, 0.05) is 9.60 Å². The van der Waals surface area contributed by atoms with Crippen molar-refractivity contribution in [2.45, 2.75) is 38.7 Å². The highest BCUT2D eigenvalue weighted by Gasteiger charge is 2.29. The van der Waals surface area contributed by atoms with Crippen LogP contribution in [0.15, 0.2) is 60.5 Å². The van der Waals surface area contributed by atoms with Gasteiger partial charge in [0.15, 0.2) is 0 Å². The third kappa shape index (κ3) is 3.47. The van der Waals surface area contributed by atoms with E-state index in [0.717, 1.165) is 0 Å². The van der Waals surface area contributed by atoms with Gasteiger partial charge in [-0.2, -0.15) is 0 Å². The molecule has 0 saturated heterocycles. The summed E-state index contributed by atoms with van der Waals surface area (Å²) in [5.41, 5.74) is -5.78. The smallest absolute Gasteiger partial charge is 0.123 e. The van der Waals surface area contributed by atoms with E-state index >= 15 is 0 Å². The normalized spacial score (nSPS) is 24.6. The summed E-state index contributed by atoms with van der Waals surface area (Å²) >= 11 is 0. The van der Waals surface area contributed by atoms with Crippen molar-refractivity contribution in [1.82, 2.24) is 0 Å². The van der Waals surface area contributed by atoms with Crippen molar-refractivity contribution in [2.24, 2.45) is 0 Å². The Kier molecular flexibility index (Phi) is 1.63. The van der Waals surface area contributed by atoms with E-state index in [9.17, 15) is 0 Å². The molecule has 2 aromatic rings. The van der Waals surface area contributed by atoms with Crippen LogP contribution in [0.3, 0.4) is 0 Å². The molecule has 2 rings (SSSR count). The predicted molar refractivity (Wildman–Crippen MR) is 81.1 cm³/mol. The van der Waals surface area contributed by atoms with Crippen molar-refractivity contribution in [2.75, 3.05) is 0 Å². The van der Waals surface area contributed by atoms with Crippen molar-refractivity contribution >= 4 is 0 Å². The van der Waals surface area contributed by atoms with Crippen LogP contribution in [0.5, 0.6) is 0 Å². The van der Waals surface area contributed by atoms with Gasteiger partial charge in [-0.25, -0.2) is 9.78 Å². The summed E-state index contributed by atoms with van der Waals surface area (Å²) < 4.78 is 95.4. The van der Waals surface area contributed by atoms with Gasteiger partial charge in [-0.15, -0.1) is 0 Å². The third-order valence-electron chi connectivity index (χ3n) is 2.59. The second-order valence-corrected chi connectivity index (χ2v) is 4.44. The van der Waals surface area contributed by atoms with Crippen molar-refractivity contribution < 1.29 is 26.2 Å². The minimum Gasteiger partial charge on any atom is -0.225 e. The van der Waals surface area contributed by atoms with Crippen molar-refractivity contribution in [3.8, 4) is 0 Å². The van der Waals surface area contributed by atoms with Gasteiger partial charge in [0.25, 0.3) is 0 Å². The molecule has 1 unspecified atom stereocenters. The highest BCUT2D eigenvalue weighted by Crippen LogP contribution is 2.31. The van der Waals surface area contributed by atoms with Gasteiger partial charge in [-0.05, 0) is 38.7 Å². The molecule has 1 atom stereocenters. The zero-order valence-electron chi connectivity index (χ0n) is 22.9. The van der Waals surface area contributed by atoms with E-state index in [1.165, 1.54) is 6.92 Å². The standard InChI is InChI=1S/C18H22O2/c1-17(2,15-11-7-5-8-12-15)19-20-18(3,4)16-13-9-6-10-14-16/h5-14H,1-4H3/i1T,3T3,4T3,6T,9T,10T,13T,14T. The molecule has 0 spiro atoms.